The molecule has 26 heavy (non-hydrogen) atoms. The van der Waals surface area contributed by atoms with Crippen molar-refractivity contribution in [2.24, 2.45) is 5.92 Å². The maximum absolute atomic E-state index is 12.7. The summed E-state index contributed by atoms with van der Waals surface area (Å²) < 4.78 is 0. The first-order chi connectivity index (χ1) is 12.7. The molecule has 1 N–H and O–H groups in total. The molecule has 6 nitrogen and oxygen atoms in total. The van der Waals surface area contributed by atoms with Gasteiger partial charge in [-0.1, -0.05) is 6.07 Å². The van der Waals surface area contributed by atoms with Crippen molar-refractivity contribution in [2.75, 3.05) is 13.1 Å². The van der Waals surface area contributed by atoms with Gasteiger partial charge in [-0.25, -0.2) is 4.98 Å². The second-order valence-electron chi connectivity index (χ2n) is 7.13. The third-order valence-electron chi connectivity index (χ3n) is 5.16. The van der Waals surface area contributed by atoms with Crippen LogP contribution >= 0.6 is 0 Å². The van der Waals surface area contributed by atoms with Gasteiger partial charge in [0.1, 0.15) is 5.69 Å². The van der Waals surface area contributed by atoms with Crippen LogP contribution in [0.25, 0.3) is 10.9 Å². The topological polar surface area (TPSA) is 74.8 Å². The summed E-state index contributed by atoms with van der Waals surface area (Å²) in [5, 5.41) is 8.24. The van der Waals surface area contributed by atoms with E-state index < -0.39 is 0 Å². The van der Waals surface area contributed by atoms with Gasteiger partial charge < -0.3 is 4.90 Å². The van der Waals surface area contributed by atoms with Crippen molar-refractivity contribution in [3.8, 4) is 0 Å². The van der Waals surface area contributed by atoms with Gasteiger partial charge in [0.25, 0.3) is 5.91 Å². The number of carbonyl (C=O) groups excluding carboxylic acids is 1. The highest BCUT2D eigenvalue weighted by Gasteiger charge is 2.22. The Hall–Kier alpha value is -2.76. The van der Waals surface area contributed by atoms with Crippen LogP contribution in [0.1, 0.15) is 41.0 Å². The molecule has 0 saturated carbocycles. The summed E-state index contributed by atoms with van der Waals surface area (Å²) in [6.45, 7) is 3.46. The second kappa shape index (κ2) is 7.23. The van der Waals surface area contributed by atoms with Crippen LogP contribution in [0.2, 0.25) is 0 Å². The Labute approximate surface area is 152 Å². The number of rotatable bonds is 3. The third-order valence-corrected chi connectivity index (χ3v) is 5.16. The van der Waals surface area contributed by atoms with Crippen LogP contribution < -0.4 is 0 Å². The Bertz CT molecular complexity index is 902. The number of aryl methyl sites for hydroxylation is 1. The molecule has 1 aliphatic rings. The van der Waals surface area contributed by atoms with Gasteiger partial charge in [0.2, 0.25) is 0 Å². The van der Waals surface area contributed by atoms with Crippen LogP contribution in [0.4, 0.5) is 0 Å². The smallest absolute Gasteiger partial charge is 0.274 e. The molecule has 1 aromatic carbocycles. The van der Waals surface area contributed by atoms with Crippen molar-refractivity contribution in [2.45, 2.75) is 32.6 Å². The summed E-state index contributed by atoms with van der Waals surface area (Å²) in [7, 11) is 0. The van der Waals surface area contributed by atoms with Crippen molar-refractivity contribution < 1.29 is 4.79 Å². The van der Waals surface area contributed by atoms with Crippen LogP contribution in [0.5, 0.6) is 0 Å². The van der Waals surface area contributed by atoms with Gasteiger partial charge in [-0.2, -0.15) is 5.10 Å². The summed E-state index contributed by atoms with van der Waals surface area (Å²) in [6.07, 6.45) is 9.35. The Morgan fingerprint density at radius 3 is 2.96 bits per heavy atom. The molecule has 3 heterocycles. The van der Waals surface area contributed by atoms with E-state index in [0.29, 0.717) is 11.6 Å². The standard InChI is InChI=1S/C20H23N5O/c1-14-11-22-19(13-21-14)20(26)25-7-2-3-15(6-8-25)9-16-4-5-18-17(10-16)12-23-24-18/h4-5,10-13,15H,2-3,6-9H2,1H3,(H,23,24). The fraction of sp³-hybridized carbons (Fsp3) is 0.400. The highest BCUT2D eigenvalue weighted by Crippen LogP contribution is 2.24. The minimum Gasteiger partial charge on any atom is -0.337 e. The molecule has 0 aliphatic carbocycles. The number of amides is 1. The monoisotopic (exact) mass is 349 g/mol. The van der Waals surface area contributed by atoms with Gasteiger partial charge in [-0.15, -0.1) is 0 Å². The van der Waals surface area contributed by atoms with Crippen molar-refractivity contribution in [1.29, 1.82) is 0 Å². The van der Waals surface area contributed by atoms with Gasteiger partial charge in [0, 0.05) is 24.7 Å². The van der Waals surface area contributed by atoms with E-state index in [0.717, 1.165) is 55.4 Å². The number of benzene rings is 1. The Kier molecular flexibility index (Phi) is 4.65. The summed E-state index contributed by atoms with van der Waals surface area (Å²) in [5.74, 6) is 0.596. The van der Waals surface area contributed by atoms with Crippen LogP contribution in [0, 0.1) is 12.8 Å². The summed E-state index contributed by atoms with van der Waals surface area (Å²) in [5.41, 5.74) is 3.69. The fourth-order valence-electron chi connectivity index (χ4n) is 3.69. The first-order valence-corrected chi connectivity index (χ1v) is 9.19. The van der Waals surface area contributed by atoms with Gasteiger partial charge in [-0.05, 0) is 56.2 Å². The maximum atomic E-state index is 12.7. The molecule has 6 heteroatoms. The predicted octanol–water partition coefficient (Wildman–Crippen LogP) is 3.15. The molecule has 0 bridgehead atoms. The summed E-state index contributed by atoms with van der Waals surface area (Å²) in [4.78, 5) is 23.0. The summed E-state index contributed by atoms with van der Waals surface area (Å²) in [6, 6.07) is 6.49. The quantitative estimate of drug-likeness (QED) is 0.788. The zero-order chi connectivity index (χ0) is 17.9. The molecule has 1 atom stereocenters. The van der Waals surface area contributed by atoms with E-state index in [1.54, 1.807) is 12.4 Å². The molecule has 0 spiro atoms. The molecular formula is C20H23N5O. The van der Waals surface area contributed by atoms with Gasteiger partial charge >= 0.3 is 0 Å². The second-order valence-corrected chi connectivity index (χ2v) is 7.13. The first kappa shape index (κ1) is 16.7. The number of aromatic nitrogens is 4. The van der Waals surface area contributed by atoms with Crippen LogP contribution in [-0.4, -0.2) is 44.1 Å². The summed E-state index contributed by atoms with van der Waals surface area (Å²) >= 11 is 0. The van der Waals surface area contributed by atoms with E-state index in [9.17, 15) is 4.79 Å². The van der Waals surface area contributed by atoms with Crippen molar-refractivity contribution in [1.82, 2.24) is 25.1 Å². The zero-order valence-electron chi connectivity index (χ0n) is 15.0. The van der Waals surface area contributed by atoms with Gasteiger partial charge in [0.05, 0.1) is 23.6 Å². The molecule has 1 fully saturated rings. The number of likely N-dealkylation sites (tertiary alicyclic amines) is 1. The molecular weight excluding hydrogens is 326 g/mol. The molecule has 1 saturated heterocycles. The van der Waals surface area contributed by atoms with Crippen molar-refractivity contribution in [3.05, 3.63) is 53.7 Å². The highest BCUT2D eigenvalue weighted by atomic mass is 16.2. The highest BCUT2D eigenvalue weighted by molar-refractivity contribution is 5.92. The van der Waals surface area contributed by atoms with E-state index in [-0.39, 0.29) is 5.91 Å². The number of nitrogens with one attached hydrogen (secondary N) is 1. The Morgan fingerprint density at radius 1 is 1.19 bits per heavy atom. The first-order valence-electron chi connectivity index (χ1n) is 9.19. The Balaban J connectivity index is 1.39. The van der Waals surface area contributed by atoms with Crippen LogP contribution in [-0.2, 0) is 6.42 Å². The number of carbonyl (C=O) groups is 1. The minimum atomic E-state index is -0.00188. The minimum absolute atomic E-state index is 0.00188. The number of hydrogen-bond acceptors (Lipinski definition) is 4. The normalized spacial score (nSPS) is 18.0. The predicted molar refractivity (Wildman–Crippen MR) is 99.8 cm³/mol. The lowest BCUT2D eigenvalue weighted by Gasteiger charge is -2.20. The molecule has 134 valence electrons. The average molecular weight is 349 g/mol. The van der Waals surface area contributed by atoms with Crippen molar-refractivity contribution >= 4 is 16.8 Å². The lowest BCUT2D eigenvalue weighted by atomic mass is 9.92. The van der Waals surface area contributed by atoms with E-state index >= 15 is 0 Å². The van der Waals surface area contributed by atoms with Crippen LogP contribution in [0.3, 0.4) is 0 Å². The van der Waals surface area contributed by atoms with Crippen LogP contribution in [0.15, 0.2) is 36.8 Å². The molecule has 1 unspecified atom stereocenters. The maximum Gasteiger partial charge on any atom is 0.274 e. The molecule has 2 aromatic heterocycles. The number of fused-ring (bicyclic) bond motifs is 1. The third kappa shape index (κ3) is 3.59. The van der Waals surface area contributed by atoms with E-state index in [1.165, 1.54) is 5.56 Å². The molecule has 1 aliphatic heterocycles. The SMILES string of the molecule is Cc1cnc(C(=O)N2CCCC(Cc3ccc4[nH]ncc4c3)CC2)cn1. The van der Waals surface area contributed by atoms with Gasteiger partial charge in [0.15, 0.2) is 0 Å². The zero-order valence-corrected chi connectivity index (χ0v) is 15.0. The molecule has 1 amide bonds. The lowest BCUT2D eigenvalue weighted by Crippen LogP contribution is -2.32. The Morgan fingerprint density at radius 2 is 2.12 bits per heavy atom. The molecule has 0 radical (unpaired) electrons. The lowest BCUT2D eigenvalue weighted by molar-refractivity contribution is 0.0753. The van der Waals surface area contributed by atoms with E-state index in [2.05, 4.69) is 38.4 Å². The van der Waals surface area contributed by atoms with E-state index in [1.807, 2.05) is 18.0 Å². The number of nitrogens with zero attached hydrogens (tertiary/aromatic N) is 4. The fourth-order valence-corrected chi connectivity index (χ4v) is 3.69. The number of H-pyrrole nitrogens is 1. The van der Waals surface area contributed by atoms with E-state index in [4.69, 9.17) is 0 Å². The average Bonchev–Trinajstić information content (AvgIpc) is 2.99. The number of hydrogen-bond donors (Lipinski definition) is 1. The largest absolute Gasteiger partial charge is 0.337 e. The molecule has 4 rings (SSSR count). The molecule has 3 aromatic rings. The van der Waals surface area contributed by atoms with Crippen molar-refractivity contribution in [3.63, 3.8) is 0 Å². The number of aromatic amines is 1. The van der Waals surface area contributed by atoms with Gasteiger partial charge in [-0.3, -0.25) is 14.9 Å².